The van der Waals surface area contributed by atoms with Gasteiger partial charge in [0.2, 0.25) is 5.78 Å². The highest BCUT2D eigenvalue weighted by Gasteiger charge is 2.19. The summed E-state index contributed by atoms with van der Waals surface area (Å²) < 4.78 is 5.68. The molecule has 1 atom stereocenters. The Morgan fingerprint density at radius 3 is 2.26 bits per heavy atom. The first-order valence-corrected chi connectivity index (χ1v) is 7.63. The monoisotopic (exact) mass is 307 g/mol. The summed E-state index contributed by atoms with van der Waals surface area (Å²) in [6, 6.07) is 16.6. The Bertz CT molecular complexity index is 733. The minimum atomic E-state index is -0.648. The van der Waals surface area contributed by atoms with Crippen molar-refractivity contribution in [3.05, 3.63) is 65.2 Å². The number of carbonyl (C=O) groups excluding carboxylic acids is 1. The lowest BCUT2D eigenvalue weighted by atomic mass is 9.86. The third-order valence-corrected chi connectivity index (χ3v) is 3.72. The minimum absolute atomic E-state index is 0.0510. The molecule has 118 valence electrons. The average Bonchev–Trinajstić information content (AvgIpc) is 2.54. The molecule has 2 rings (SSSR count). The number of ketones is 1. The molecule has 2 aromatic rings. The van der Waals surface area contributed by atoms with Gasteiger partial charge in [0.15, 0.2) is 6.10 Å². The highest BCUT2D eigenvalue weighted by Crippen LogP contribution is 2.23. The van der Waals surface area contributed by atoms with Crippen LogP contribution < -0.4 is 4.74 Å². The standard InChI is InChI=1S/C20H21NO2/c1-14(23-18-8-6-5-7-16(18)13-21)19(22)15-9-11-17(12-10-15)20(2,3)4/h5-12,14H,1-4H3. The lowest BCUT2D eigenvalue weighted by Gasteiger charge is -2.19. The van der Waals surface area contributed by atoms with E-state index in [4.69, 9.17) is 10.00 Å². The Labute approximate surface area is 137 Å². The van der Waals surface area contributed by atoms with Crippen molar-refractivity contribution in [1.82, 2.24) is 0 Å². The van der Waals surface area contributed by atoms with Crippen molar-refractivity contribution in [3.8, 4) is 11.8 Å². The van der Waals surface area contributed by atoms with E-state index in [2.05, 4.69) is 26.8 Å². The van der Waals surface area contributed by atoms with Crippen molar-refractivity contribution >= 4 is 5.78 Å². The van der Waals surface area contributed by atoms with Gasteiger partial charge in [-0.15, -0.1) is 0 Å². The summed E-state index contributed by atoms with van der Waals surface area (Å²) in [6.45, 7) is 8.10. The minimum Gasteiger partial charge on any atom is -0.481 e. The molecule has 0 aliphatic heterocycles. The molecule has 0 aliphatic rings. The van der Waals surface area contributed by atoms with Crippen LogP contribution in [0, 0.1) is 11.3 Å². The highest BCUT2D eigenvalue weighted by molar-refractivity contribution is 5.99. The van der Waals surface area contributed by atoms with Gasteiger partial charge in [-0.25, -0.2) is 0 Å². The van der Waals surface area contributed by atoms with Gasteiger partial charge in [-0.3, -0.25) is 4.79 Å². The first kappa shape index (κ1) is 16.8. The fourth-order valence-corrected chi connectivity index (χ4v) is 2.27. The molecule has 0 aromatic heterocycles. The van der Waals surface area contributed by atoms with E-state index < -0.39 is 6.10 Å². The SMILES string of the molecule is CC(Oc1ccccc1C#N)C(=O)c1ccc(C(C)(C)C)cc1. The molecule has 3 heteroatoms. The zero-order chi connectivity index (χ0) is 17.0. The fourth-order valence-electron chi connectivity index (χ4n) is 2.27. The Morgan fingerprint density at radius 2 is 1.70 bits per heavy atom. The summed E-state index contributed by atoms with van der Waals surface area (Å²) in [4.78, 5) is 12.5. The summed E-state index contributed by atoms with van der Waals surface area (Å²) in [7, 11) is 0. The van der Waals surface area contributed by atoms with E-state index in [0.717, 1.165) is 0 Å². The first-order valence-electron chi connectivity index (χ1n) is 7.63. The van der Waals surface area contributed by atoms with Crippen LogP contribution in [0.25, 0.3) is 0 Å². The summed E-state index contributed by atoms with van der Waals surface area (Å²) in [5.74, 6) is 0.334. The number of rotatable bonds is 4. The predicted octanol–water partition coefficient (Wildman–Crippen LogP) is 4.51. The largest absolute Gasteiger partial charge is 0.481 e. The maximum Gasteiger partial charge on any atom is 0.202 e. The lowest BCUT2D eigenvalue weighted by Crippen LogP contribution is -2.24. The zero-order valence-corrected chi connectivity index (χ0v) is 14.0. The van der Waals surface area contributed by atoms with Crippen LogP contribution in [0.1, 0.15) is 49.2 Å². The molecular weight excluding hydrogens is 286 g/mol. The molecule has 23 heavy (non-hydrogen) atoms. The van der Waals surface area contributed by atoms with Crippen LogP contribution in [-0.2, 0) is 5.41 Å². The van der Waals surface area contributed by atoms with Gasteiger partial charge < -0.3 is 4.74 Å². The highest BCUT2D eigenvalue weighted by atomic mass is 16.5. The lowest BCUT2D eigenvalue weighted by molar-refractivity contribution is 0.0817. The molecule has 0 spiro atoms. The summed E-state index contributed by atoms with van der Waals surface area (Å²) in [5.41, 5.74) is 2.27. The third-order valence-electron chi connectivity index (χ3n) is 3.72. The van der Waals surface area contributed by atoms with E-state index in [0.29, 0.717) is 16.9 Å². The molecule has 0 amide bonds. The number of nitrogens with zero attached hydrogens (tertiary/aromatic N) is 1. The van der Waals surface area contributed by atoms with Crippen molar-refractivity contribution in [3.63, 3.8) is 0 Å². The number of Topliss-reactive ketones (excluding diaryl/α,β-unsaturated/α-hetero) is 1. The van der Waals surface area contributed by atoms with Gasteiger partial charge in [-0.2, -0.15) is 5.26 Å². The molecular formula is C20H21NO2. The Morgan fingerprint density at radius 1 is 1.09 bits per heavy atom. The number of hydrogen-bond donors (Lipinski definition) is 0. The van der Waals surface area contributed by atoms with Crippen molar-refractivity contribution in [2.45, 2.75) is 39.2 Å². The van der Waals surface area contributed by atoms with Crippen LogP contribution in [0.4, 0.5) is 0 Å². The van der Waals surface area contributed by atoms with E-state index in [1.807, 2.05) is 24.3 Å². The number of carbonyl (C=O) groups is 1. The van der Waals surface area contributed by atoms with Crippen molar-refractivity contribution < 1.29 is 9.53 Å². The van der Waals surface area contributed by atoms with Crippen molar-refractivity contribution in [1.29, 1.82) is 5.26 Å². The molecule has 0 N–H and O–H groups in total. The second-order valence-electron chi connectivity index (χ2n) is 6.56. The van der Waals surface area contributed by atoms with Crippen molar-refractivity contribution in [2.75, 3.05) is 0 Å². The number of hydrogen-bond acceptors (Lipinski definition) is 3. The Balaban J connectivity index is 2.15. The molecule has 0 fully saturated rings. The Hall–Kier alpha value is -2.60. The zero-order valence-electron chi connectivity index (χ0n) is 14.0. The Kier molecular flexibility index (Phi) is 4.86. The maximum absolute atomic E-state index is 12.5. The van der Waals surface area contributed by atoms with E-state index in [9.17, 15) is 4.79 Å². The topological polar surface area (TPSA) is 50.1 Å². The smallest absolute Gasteiger partial charge is 0.202 e. The van der Waals surface area contributed by atoms with Crippen LogP contribution in [-0.4, -0.2) is 11.9 Å². The van der Waals surface area contributed by atoms with Crippen LogP contribution in [0.15, 0.2) is 48.5 Å². The fraction of sp³-hybridized carbons (Fsp3) is 0.300. The number of benzene rings is 2. The van der Waals surface area contributed by atoms with Crippen LogP contribution >= 0.6 is 0 Å². The van der Waals surface area contributed by atoms with Gasteiger partial charge in [0.25, 0.3) is 0 Å². The van der Waals surface area contributed by atoms with Gasteiger partial charge in [0.05, 0.1) is 5.56 Å². The van der Waals surface area contributed by atoms with E-state index >= 15 is 0 Å². The average molecular weight is 307 g/mol. The summed E-state index contributed by atoms with van der Waals surface area (Å²) >= 11 is 0. The second-order valence-corrected chi connectivity index (χ2v) is 6.56. The van der Waals surface area contributed by atoms with E-state index in [1.54, 1.807) is 31.2 Å². The van der Waals surface area contributed by atoms with Crippen molar-refractivity contribution in [2.24, 2.45) is 0 Å². The normalized spacial score (nSPS) is 12.3. The van der Waals surface area contributed by atoms with Crippen LogP contribution in [0.2, 0.25) is 0 Å². The van der Waals surface area contributed by atoms with Gasteiger partial charge in [0, 0.05) is 5.56 Å². The van der Waals surface area contributed by atoms with Crippen LogP contribution in [0.3, 0.4) is 0 Å². The molecule has 0 radical (unpaired) electrons. The quantitative estimate of drug-likeness (QED) is 0.781. The van der Waals surface area contributed by atoms with Gasteiger partial charge in [-0.05, 0) is 30.0 Å². The molecule has 0 aliphatic carbocycles. The number of ether oxygens (including phenoxy) is 1. The predicted molar refractivity (Wildman–Crippen MR) is 90.7 cm³/mol. The molecule has 0 bridgehead atoms. The molecule has 0 saturated heterocycles. The molecule has 3 nitrogen and oxygen atoms in total. The summed E-state index contributed by atoms with van der Waals surface area (Å²) in [5, 5.41) is 9.08. The third kappa shape index (κ3) is 3.98. The molecule has 2 aromatic carbocycles. The van der Waals surface area contributed by atoms with Gasteiger partial charge in [-0.1, -0.05) is 57.2 Å². The number of para-hydroxylation sites is 1. The summed E-state index contributed by atoms with van der Waals surface area (Å²) in [6.07, 6.45) is -0.648. The first-order chi connectivity index (χ1) is 10.8. The number of nitriles is 1. The second kappa shape index (κ2) is 6.66. The van der Waals surface area contributed by atoms with E-state index in [-0.39, 0.29) is 11.2 Å². The van der Waals surface area contributed by atoms with Gasteiger partial charge >= 0.3 is 0 Å². The molecule has 0 saturated carbocycles. The molecule has 0 heterocycles. The maximum atomic E-state index is 12.5. The van der Waals surface area contributed by atoms with Crippen LogP contribution in [0.5, 0.6) is 5.75 Å². The van der Waals surface area contributed by atoms with Gasteiger partial charge in [0.1, 0.15) is 11.8 Å². The molecule has 1 unspecified atom stereocenters. The van der Waals surface area contributed by atoms with E-state index in [1.165, 1.54) is 5.56 Å².